The first-order chi connectivity index (χ1) is 9.60. The van der Waals surface area contributed by atoms with Gasteiger partial charge in [-0.1, -0.05) is 0 Å². The van der Waals surface area contributed by atoms with Crippen molar-refractivity contribution in [3.8, 4) is 0 Å². The Morgan fingerprint density at radius 1 is 1.40 bits per heavy atom. The molecule has 0 unspecified atom stereocenters. The molecule has 2 heterocycles. The van der Waals surface area contributed by atoms with E-state index in [0.29, 0.717) is 18.2 Å². The van der Waals surface area contributed by atoms with Crippen LogP contribution in [-0.2, 0) is 9.63 Å². The van der Waals surface area contributed by atoms with E-state index in [9.17, 15) is 4.79 Å². The lowest BCUT2D eigenvalue weighted by Gasteiger charge is -2.30. The molecule has 0 aromatic carbocycles. The normalized spacial score (nSPS) is 17.1. The second-order valence-electron chi connectivity index (χ2n) is 5.24. The SMILES string of the molecule is CON1CCC(CC(=O)N(C)c2ccc(C)nn2)CC1. The molecule has 0 atom stereocenters. The molecule has 0 aliphatic carbocycles. The van der Waals surface area contributed by atoms with Crippen molar-refractivity contribution in [3.05, 3.63) is 17.8 Å². The van der Waals surface area contributed by atoms with Gasteiger partial charge >= 0.3 is 0 Å². The van der Waals surface area contributed by atoms with Crippen molar-refractivity contribution in [2.75, 3.05) is 32.1 Å². The van der Waals surface area contributed by atoms with Crippen molar-refractivity contribution in [3.63, 3.8) is 0 Å². The Morgan fingerprint density at radius 2 is 2.10 bits per heavy atom. The Bertz CT molecular complexity index is 441. The van der Waals surface area contributed by atoms with Crippen LogP contribution in [-0.4, -0.2) is 48.4 Å². The van der Waals surface area contributed by atoms with E-state index in [4.69, 9.17) is 4.84 Å². The van der Waals surface area contributed by atoms with Gasteiger partial charge in [0.1, 0.15) is 0 Å². The number of amides is 1. The van der Waals surface area contributed by atoms with Crippen LogP contribution in [0.5, 0.6) is 0 Å². The fraction of sp³-hybridized carbons (Fsp3) is 0.643. The maximum absolute atomic E-state index is 12.3. The van der Waals surface area contributed by atoms with Crippen molar-refractivity contribution in [2.24, 2.45) is 5.92 Å². The number of piperidine rings is 1. The van der Waals surface area contributed by atoms with Crippen LogP contribution in [0.25, 0.3) is 0 Å². The highest BCUT2D eigenvalue weighted by molar-refractivity contribution is 5.91. The fourth-order valence-electron chi connectivity index (χ4n) is 2.38. The van der Waals surface area contributed by atoms with Gasteiger partial charge in [0.2, 0.25) is 5.91 Å². The third-order valence-corrected chi connectivity index (χ3v) is 3.80. The summed E-state index contributed by atoms with van der Waals surface area (Å²) in [5, 5.41) is 9.97. The van der Waals surface area contributed by atoms with E-state index < -0.39 is 0 Å². The Hall–Kier alpha value is -1.53. The van der Waals surface area contributed by atoms with Gasteiger partial charge in [-0.2, -0.15) is 10.2 Å². The quantitative estimate of drug-likeness (QED) is 0.833. The van der Waals surface area contributed by atoms with Crippen LogP contribution in [0.1, 0.15) is 25.0 Å². The Kier molecular flexibility index (Phi) is 5.03. The summed E-state index contributed by atoms with van der Waals surface area (Å²) in [6, 6.07) is 3.69. The molecule has 0 spiro atoms. The number of rotatable bonds is 4. The zero-order valence-corrected chi connectivity index (χ0v) is 12.4. The summed E-state index contributed by atoms with van der Waals surface area (Å²) in [6.07, 6.45) is 2.55. The van der Waals surface area contributed by atoms with Crippen LogP contribution < -0.4 is 4.90 Å². The van der Waals surface area contributed by atoms with Gasteiger partial charge in [0.25, 0.3) is 0 Å². The molecule has 1 aromatic heterocycles. The number of hydrogen-bond acceptors (Lipinski definition) is 5. The Morgan fingerprint density at radius 3 is 2.65 bits per heavy atom. The van der Waals surface area contributed by atoms with E-state index in [1.54, 1.807) is 19.1 Å². The van der Waals surface area contributed by atoms with E-state index in [1.165, 1.54) is 0 Å². The number of anilines is 1. The molecule has 20 heavy (non-hydrogen) atoms. The van der Waals surface area contributed by atoms with Crippen LogP contribution >= 0.6 is 0 Å². The maximum Gasteiger partial charge on any atom is 0.228 e. The number of aromatic nitrogens is 2. The Labute approximate surface area is 119 Å². The first kappa shape index (κ1) is 14.9. The monoisotopic (exact) mass is 278 g/mol. The highest BCUT2D eigenvalue weighted by atomic mass is 16.7. The third kappa shape index (κ3) is 3.74. The summed E-state index contributed by atoms with van der Waals surface area (Å²) in [7, 11) is 3.45. The van der Waals surface area contributed by atoms with Crippen LogP contribution in [0.2, 0.25) is 0 Å². The van der Waals surface area contributed by atoms with Crippen molar-refractivity contribution >= 4 is 11.7 Å². The number of nitrogens with zero attached hydrogens (tertiary/aromatic N) is 4. The minimum Gasteiger partial charge on any atom is -0.302 e. The lowest BCUT2D eigenvalue weighted by Crippen LogP contribution is -2.36. The Balaban J connectivity index is 1.87. The van der Waals surface area contributed by atoms with Gasteiger partial charge in [0.05, 0.1) is 12.8 Å². The van der Waals surface area contributed by atoms with Gasteiger partial charge in [0.15, 0.2) is 5.82 Å². The third-order valence-electron chi connectivity index (χ3n) is 3.80. The van der Waals surface area contributed by atoms with E-state index in [1.807, 2.05) is 24.1 Å². The lowest BCUT2D eigenvalue weighted by molar-refractivity contribution is -0.149. The maximum atomic E-state index is 12.3. The van der Waals surface area contributed by atoms with E-state index in [0.717, 1.165) is 31.6 Å². The van der Waals surface area contributed by atoms with Crippen LogP contribution in [0.3, 0.4) is 0 Å². The standard InChI is InChI=1S/C14H22N4O2/c1-11-4-5-13(16-15-11)17(2)14(19)10-12-6-8-18(20-3)9-7-12/h4-5,12H,6-10H2,1-3H3. The number of hydrogen-bond donors (Lipinski definition) is 0. The average Bonchev–Trinajstić information content (AvgIpc) is 2.48. The topological polar surface area (TPSA) is 58.6 Å². The van der Waals surface area contributed by atoms with Gasteiger partial charge in [0, 0.05) is 26.6 Å². The zero-order chi connectivity index (χ0) is 14.5. The van der Waals surface area contributed by atoms with Gasteiger partial charge in [-0.05, 0) is 37.8 Å². The highest BCUT2D eigenvalue weighted by Crippen LogP contribution is 2.22. The highest BCUT2D eigenvalue weighted by Gasteiger charge is 2.23. The molecule has 0 saturated carbocycles. The van der Waals surface area contributed by atoms with Crippen molar-refractivity contribution in [1.82, 2.24) is 15.3 Å². The first-order valence-electron chi connectivity index (χ1n) is 6.96. The van der Waals surface area contributed by atoms with Crippen LogP contribution in [0, 0.1) is 12.8 Å². The fourth-order valence-corrected chi connectivity index (χ4v) is 2.38. The van der Waals surface area contributed by atoms with Gasteiger partial charge in [-0.3, -0.25) is 9.69 Å². The first-order valence-corrected chi connectivity index (χ1v) is 6.96. The average molecular weight is 278 g/mol. The lowest BCUT2D eigenvalue weighted by atomic mass is 9.94. The molecule has 1 fully saturated rings. The molecular weight excluding hydrogens is 256 g/mol. The molecule has 0 N–H and O–H groups in total. The molecule has 0 bridgehead atoms. The molecule has 1 saturated heterocycles. The minimum atomic E-state index is 0.0963. The number of hydroxylamine groups is 2. The molecular formula is C14H22N4O2. The summed E-state index contributed by atoms with van der Waals surface area (Å²) in [6.45, 7) is 3.66. The number of carbonyl (C=O) groups excluding carboxylic acids is 1. The van der Waals surface area contributed by atoms with Crippen molar-refractivity contribution in [1.29, 1.82) is 0 Å². The van der Waals surface area contributed by atoms with Crippen LogP contribution in [0.4, 0.5) is 5.82 Å². The minimum absolute atomic E-state index is 0.0963. The van der Waals surface area contributed by atoms with Crippen molar-refractivity contribution < 1.29 is 9.63 Å². The van der Waals surface area contributed by atoms with E-state index in [2.05, 4.69) is 10.2 Å². The molecule has 6 nitrogen and oxygen atoms in total. The van der Waals surface area contributed by atoms with E-state index >= 15 is 0 Å². The van der Waals surface area contributed by atoms with Gasteiger partial charge < -0.3 is 4.84 Å². The zero-order valence-electron chi connectivity index (χ0n) is 12.4. The largest absolute Gasteiger partial charge is 0.302 e. The number of carbonyl (C=O) groups is 1. The smallest absolute Gasteiger partial charge is 0.228 e. The summed E-state index contributed by atoms with van der Waals surface area (Å²) >= 11 is 0. The predicted molar refractivity (Wildman–Crippen MR) is 76.1 cm³/mol. The van der Waals surface area contributed by atoms with E-state index in [-0.39, 0.29) is 5.91 Å². The molecule has 1 aliphatic heterocycles. The van der Waals surface area contributed by atoms with Crippen LogP contribution in [0.15, 0.2) is 12.1 Å². The van der Waals surface area contributed by atoms with Gasteiger partial charge in [-0.15, -0.1) is 5.10 Å². The molecule has 1 amide bonds. The number of aryl methyl sites for hydroxylation is 1. The molecule has 2 rings (SSSR count). The second-order valence-corrected chi connectivity index (χ2v) is 5.24. The predicted octanol–water partition coefficient (Wildman–Crippen LogP) is 1.41. The van der Waals surface area contributed by atoms with Gasteiger partial charge in [-0.25, -0.2) is 0 Å². The molecule has 1 aliphatic rings. The molecule has 1 aromatic rings. The molecule has 110 valence electrons. The second kappa shape index (κ2) is 6.76. The molecule has 6 heteroatoms. The summed E-state index contributed by atoms with van der Waals surface area (Å²) in [5.74, 6) is 1.13. The summed E-state index contributed by atoms with van der Waals surface area (Å²) < 4.78 is 0. The summed E-state index contributed by atoms with van der Waals surface area (Å²) in [5.41, 5.74) is 0.849. The van der Waals surface area contributed by atoms with Crippen molar-refractivity contribution in [2.45, 2.75) is 26.2 Å². The summed E-state index contributed by atoms with van der Waals surface area (Å²) in [4.78, 5) is 19.0. The molecule has 0 radical (unpaired) electrons.